The lowest BCUT2D eigenvalue weighted by Crippen LogP contribution is -2.42. The van der Waals surface area contributed by atoms with Gasteiger partial charge in [0.05, 0.1) is 23.3 Å². The molecule has 1 aliphatic heterocycles. The first-order chi connectivity index (χ1) is 14.0. The van der Waals surface area contributed by atoms with Crippen LogP contribution in [0.15, 0.2) is 58.3 Å². The lowest BCUT2D eigenvalue weighted by molar-refractivity contribution is -0.131. The Hall–Kier alpha value is -2.36. The van der Waals surface area contributed by atoms with Gasteiger partial charge in [-0.1, -0.05) is 24.3 Å². The highest BCUT2D eigenvalue weighted by Gasteiger charge is 2.45. The summed E-state index contributed by atoms with van der Waals surface area (Å²) in [7, 11) is -3.80. The summed E-state index contributed by atoms with van der Waals surface area (Å²) in [6, 6.07) is 13.7. The predicted molar refractivity (Wildman–Crippen MR) is 116 cm³/mol. The molecule has 0 aromatic heterocycles. The van der Waals surface area contributed by atoms with Crippen LogP contribution in [0.3, 0.4) is 0 Å². The fraction of sp³-hybridized carbons (Fsp3) is 0.333. The van der Waals surface area contributed by atoms with Crippen LogP contribution in [0.1, 0.15) is 13.8 Å². The van der Waals surface area contributed by atoms with E-state index in [4.69, 9.17) is 0 Å². The molecule has 0 saturated carbocycles. The van der Waals surface area contributed by atoms with Crippen molar-refractivity contribution < 1.29 is 23.1 Å². The summed E-state index contributed by atoms with van der Waals surface area (Å²) in [6.07, 6.45) is 0.605. The Labute approximate surface area is 180 Å². The number of sulfone groups is 1. The molecule has 2 aromatic carbocycles. The van der Waals surface area contributed by atoms with Crippen molar-refractivity contribution in [3.63, 3.8) is 0 Å². The molecule has 1 saturated heterocycles. The minimum atomic E-state index is -3.80. The Bertz CT molecular complexity index is 1050. The van der Waals surface area contributed by atoms with Crippen LogP contribution in [-0.2, 0) is 14.6 Å². The summed E-state index contributed by atoms with van der Waals surface area (Å²) in [6.45, 7) is 2.71. The standard InChI is InChI=1S/C21H24N2O5S2/c1-21(2)19(25)23(20(26)22-21)12-16(24)13-30(27,28)18-10-6-15(7-11-18)14-4-8-17(29-3)9-5-14/h4-11,16,24H,12-13H2,1-3H3,(H,22,26). The number of rotatable bonds is 7. The number of nitrogens with one attached hydrogen (secondary N) is 1. The summed E-state index contributed by atoms with van der Waals surface area (Å²) < 4.78 is 25.3. The molecule has 30 heavy (non-hydrogen) atoms. The summed E-state index contributed by atoms with van der Waals surface area (Å²) in [5.41, 5.74) is 0.779. The molecule has 2 N–H and O–H groups in total. The molecule has 7 nitrogen and oxygen atoms in total. The van der Waals surface area contributed by atoms with Crippen molar-refractivity contribution in [1.29, 1.82) is 0 Å². The topological polar surface area (TPSA) is 104 Å². The number of carbonyl (C=O) groups excluding carboxylic acids is 2. The average Bonchev–Trinajstić information content (AvgIpc) is 2.89. The Kier molecular flexibility index (Phi) is 6.26. The number of thioether (sulfide) groups is 1. The molecule has 2 aromatic rings. The second kappa shape index (κ2) is 8.41. The lowest BCUT2D eigenvalue weighted by Gasteiger charge is -2.19. The summed E-state index contributed by atoms with van der Waals surface area (Å²) in [4.78, 5) is 26.2. The molecule has 0 spiro atoms. The van der Waals surface area contributed by atoms with Gasteiger partial charge in [0.2, 0.25) is 0 Å². The highest BCUT2D eigenvalue weighted by atomic mass is 32.2. The zero-order valence-electron chi connectivity index (χ0n) is 17.0. The molecular formula is C21H24N2O5S2. The minimum absolute atomic E-state index is 0.0727. The van der Waals surface area contributed by atoms with Gasteiger partial charge in [0.15, 0.2) is 9.84 Å². The van der Waals surface area contributed by atoms with E-state index in [0.29, 0.717) is 0 Å². The fourth-order valence-corrected chi connectivity index (χ4v) is 5.00. The number of benzene rings is 2. The van der Waals surface area contributed by atoms with Crippen molar-refractivity contribution in [3.8, 4) is 11.1 Å². The normalized spacial score (nSPS) is 17.1. The van der Waals surface area contributed by atoms with Crippen LogP contribution in [0.2, 0.25) is 0 Å². The second-order valence-corrected chi connectivity index (χ2v) is 10.6. The zero-order chi connectivity index (χ0) is 22.1. The van der Waals surface area contributed by atoms with E-state index < -0.39 is 39.2 Å². The molecule has 0 radical (unpaired) electrons. The van der Waals surface area contributed by atoms with Crippen molar-refractivity contribution in [2.24, 2.45) is 0 Å². The SMILES string of the molecule is CSc1ccc(-c2ccc(S(=O)(=O)CC(O)CN3C(=O)NC(C)(C)C3=O)cc2)cc1. The van der Waals surface area contributed by atoms with Crippen LogP contribution < -0.4 is 5.32 Å². The number of urea groups is 1. The third kappa shape index (κ3) is 4.69. The van der Waals surface area contributed by atoms with Crippen LogP contribution in [-0.4, -0.2) is 60.6 Å². The predicted octanol–water partition coefficient (Wildman–Crippen LogP) is 2.54. The van der Waals surface area contributed by atoms with Gasteiger partial charge in [-0.15, -0.1) is 11.8 Å². The smallest absolute Gasteiger partial charge is 0.325 e. The number of aliphatic hydroxyl groups excluding tert-OH is 1. The van der Waals surface area contributed by atoms with Crippen LogP contribution in [0, 0.1) is 0 Å². The van der Waals surface area contributed by atoms with E-state index in [0.717, 1.165) is 20.9 Å². The maximum absolute atomic E-state index is 12.7. The molecule has 1 heterocycles. The lowest BCUT2D eigenvalue weighted by atomic mass is 10.1. The summed E-state index contributed by atoms with van der Waals surface area (Å²) in [5, 5.41) is 12.7. The van der Waals surface area contributed by atoms with Crippen molar-refractivity contribution in [3.05, 3.63) is 48.5 Å². The Balaban J connectivity index is 1.69. The first-order valence-electron chi connectivity index (χ1n) is 9.33. The van der Waals surface area contributed by atoms with E-state index in [-0.39, 0.29) is 11.4 Å². The number of hydrogen-bond donors (Lipinski definition) is 2. The van der Waals surface area contributed by atoms with Crippen molar-refractivity contribution in [1.82, 2.24) is 10.2 Å². The molecule has 0 bridgehead atoms. The van der Waals surface area contributed by atoms with E-state index in [9.17, 15) is 23.1 Å². The fourth-order valence-electron chi connectivity index (χ4n) is 3.23. The van der Waals surface area contributed by atoms with Gasteiger partial charge >= 0.3 is 6.03 Å². The van der Waals surface area contributed by atoms with Gasteiger partial charge in [-0.2, -0.15) is 0 Å². The largest absolute Gasteiger partial charge is 0.390 e. The van der Waals surface area contributed by atoms with Crippen LogP contribution >= 0.6 is 11.8 Å². The second-order valence-electron chi connectivity index (χ2n) is 7.66. The molecule has 0 aliphatic carbocycles. The van der Waals surface area contributed by atoms with Gasteiger partial charge < -0.3 is 10.4 Å². The van der Waals surface area contributed by atoms with Gasteiger partial charge in [0.1, 0.15) is 5.54 Å². The van der Waals surface area contributed by atoms with Crippen molar-refractivity contribution >= 4 is 33.5 Å². The number of β-amino-alcohol motifs (C(OH)–C–C–N with tert-alkyl or cyclic N) is 1. The first-order valence-corrected chi connectivity index (χ1v) is 12.2. The molecule has 1 atom stereocenters. The van der Waals surface area contributed by atoms with E-state index in [1.54, 1.807) is 37.7 Å². The molecule has 1 aliphatic rings. The van der Waals surface area contributed by atoms with Gasteiger partial charge in [0, 0.05) is 4.90 Å². The number of hydrogen-bond acceptors (Lipinski definition) is 6. The van der Waals surface area contributed by atoms with E-state index >= 15 is 0 Å². The zero-order valence-corrected chi connectivity index (χ0v) is 18.6. The average molecular weight is 449 g/mol. The Morgan fingerprint density at radius 3 is 2.03 bits per heavy atom. The van der Waals surface area contributed by atoms with E-state index in [1.807, 2.05) is 30.5 Å². The highest BCUT2D eigenvalue weighted by Crippen LogP contribution is 2.25. The van der Waals surface area contributed by atoms with Gasteiger partial charge in [-0.3, -0.25) is 9.69 Å². The summed E-state index contributed by atoms with van der Waals surface area (Å²) in [5.74, 6) is -1.09. The third-order valence-electron chi connectivity index (χ3n) is 4.89. The molecule has 1 unspecified atom stereocenters. The number of aliphatic hydroxyl groups is 1. The Morgan fingerprint density at radius 1 is 1.03 bits per heavy atom. The van der Waals surface area contributed by atoms with Crippen molar-refractivity contribution in [2.75, 3.05) is 18.6 Å². The minimum Gasteiger partial charge on any atom is -0.390 e. The van der Waals surface area contributed by atoms with Crippen LogP contribution in [0.5, 0.6) is 0 Å². The molecule has 9 heteroatoms. The molecule has 3 rings (SSSR count). The number of nitrogens with zero attached hydrogens (tertiary/aromatic N) is 1. The monoisotopic (exact) mass is 448 g/mol. The number of carbonyl (C=O) groups is 2. The molecule has 1 fully saturated rings. The first kappa shape index (κ1) is 22.3. The summed E-state index contributed by atoms with van der Waals surface area (Å²) >= 11 is 1.64. The van der Waals surface area contributed by atoms with E-state index in [1.165, 1.54) is 12.1 Å². The quantitative estimate of drug-likeness (QED) is 0.498. The highest BCUT2D eigenvalue weighted by molar-refractivity contribution is 7.98. The van der Waals surface area contributed by atoms with E-state index in [2.05, 4.69) is 5.32 Å². The van der Waals surface area contributed by atoms with Gasteiger partial charge in [-0.05, 0) is 55.5 Å². The Morgan fingerprint density at radius 2 is 1.57 bits per heavy atom. The molecule has 3 amide bonds. The molecule has 160 valence electrons. The maximum Gasteiger partial charge on any atom is 0.325 e. The van der Waals surface area contributed by atoms with Crippen LogP contribution in [0.4, 0.5) is 4.79 Å². The van der Waals surface area contributed by atoms with Crippen LogP contribution in [0.25, 0.3) is 11.1 Å². The molecular weight excluding hydrogens is 424 g/mol. The third-order valence-corrected chi connectivity index (χ3v) is 7.44. The van der Waals surface area contributed by atoms with Crippen molar-refractivity contribution in [2.45, 2.75) is 35.3 Å². The number of amides is 3. The van der Waals surface area contributed by atoms with Gasteiger partial charge in [-0.25, -0.2) is 13.2 Å². The maximum atomic E-state index is 12.7. The number of imide groups is 1. The van der Waals surface area contributed by atoms with Gasteiger partial charge in [0.25, 0.3) is 5.91 Å².